The van der Waals surface area contributed by atoms with Crippen LogP contribution in [0.4, 0.5) is 0 Å². The number of hydrogen-bond acceptors (Lipinski definition) is 4. The monoisotopic (exact) mass is 280 g/mol. The SMILES string of the molecule is CCNC(=NCCCOCC)NCCS(N)(=O)=O. The highest BCUT2D eigenvalue weighted by atomic mass is 32.2. The molecule has 7 nitrogen and oxygen atoms in total. The van der Waals surface area contributed by atoms with Gasteiger partial charge in [-0.15, -0.1) is 0 Å². The summed E-state index contributed by atoms with van der Waals surface area (Å²) in [6.45, 7) is 6.86. The summed E-state index contributed by atoms with van der Waals surface area (Å²) in [6, 6.07) is 0. The van der Waals surface area contributed by atoms with Gasteiger partial charge in [0.05, 0.1) is 5.75 Å². The predicted octanol–water partition coefficient (Wildman–Crippen LogP) is -0.743. The van der Waals surface area contributed by atoms with Crippen LogP contribution in [0, 0.1) is 0 Å². The van der Waals surface area contributed by atoms with E-state index in [-0.39, 0.29) is 12.3 Å². The zero-order chi connectivity index (χ0) is 13.9. The fraction of sp³-hybridized carbons (Fsp3) is 0.900. The molecule has 0 heterocycles. The Kier molecular flexibility index (Phi) is 9.62. The van der Waals surface area contributed by atoms with E-state index < -0.39 is 10.0 Å². The van der Waals surface area contributed by atoms with E-state index in [0.717, 1.165) is 6.42 Å². The highest BCUT2D eigenvalue weighted by Gasteiger charge is 2.03. The fourth-order valence-electron chi connectivity index (χ4n) is 1.16. The van der Waals surface area contributed by atoms with Gasteiger partial charge in [-0.2, -0.15) is 0 Å². The number of nitrogens with one attached hydrogen (secondary N) is 2. The zero-order valence-electron chi connectivity index (χ0n) is 11.1. The van der Waals surface area contributed by atoms with E-state index in [4.69, 9.17) is 9.88 Å². The first-order chi connectivity index (χ1) is 8.49. The quantitative estimate of drug-likeness (QED) is 0.293. The third-order valence-electron chi connectivity index (χ3n) is 1.94. The fourth-order valence-corrected chi connectivity index (χ4v) is 1.54. The van der Waals surface area contributed by atoms with Crippen LogP contribution in [0.25, 0.3) is 0 Å². The largest absolute Gasteiger partial charge is 0.382 e. The molecule has 0 aliphatic rings. The lowest BCUT2D eigenvalue weighted by Gasteiger charge is -2.10. The number of sulfonamides is 1. The molecule has 0 bridgehead atoms. The lowest BCUT2D eigenvalue weighted by atomic mass is 10.4. The van der Waals surface area contributed by atoms with Crippen LogP contribution >= 0.6 is 0 Å². The van der Waals surface area contributed by atoms with E-state index in [2.05, 4.69) is 15.6 Å². The maximum atomic E-state index is 10.8. The van der Waals surface area contributed by atoms with Gasteiger partial charge >= 0.3 is 0 Å². The second-order valence-corrected chi connectivity index (χ2v) is 5.34. The van der Waals surface area contributed by atoms with Crippen molar-refractivity contribution in [2.45, 2.75) is 20.3 Å². The molecule has 0 aromatic carbocycles. The number of nitrogens with zero attached hydrogens (tertiary/aromatic N) is 1. The number of guanidine groups is 1. The van der Waals surface area contributed by atoms with E-state index in [1.807, 2.05) is 13.8 Å². The summed E-state index contributed by atoms with van der Waals surface area (Å²) in [5.41, 5.74) is 0. The zero-order valence-corrected chi connectivity index (χ0v) is 11.9. The molecule has 8 heteroatoms. The van der Waals surface area contributed by atoms with Gasteiger partial charge in [0.15, 0.2) is 5.96 Å². The molecule has 0 aliphatic carbocycles. The van der Waals surface area contributed by atoms with Gasteiger partial charge < -0.3 is 15.4 Å². The molecule has 0 atom stereocenters. The van der Waals surface area contributed by atoms with Crippen molar-refractivity contribution in [1.29, 1.82) is 0 Å². The topological polar surface area (TPSA) is 106 Å². The Bertz CT molecular complexity index is 330. The average molecular weight is 280 g/mol. The second kappa shape index (κ2) is 10.1. The van der Waals surface area contributed by atoms with Gasteiger partial charge in [0.25, 0.3) is 0 Å². The second-order valence-electron chi connectivity index (χ2n) is 3.60. The van der Waals surface area contributed by atoms with E-state index in [1.54, 1.807) is 0 Å². The molecule has 0 fully saturated rings. The van der Waals surface area contributed by atoms with Crippen LogP contribution < -0.4 is 15.8 Å². The van der Waals surface area contributed by atoms with Gasteiger partial charge in [-0.25, -0.2) is 13.6 Å². The Morgan fingerprint density at radius 2 is 2.06 bits per heavy atom. The molecule has 108 valence electrons. The lowest BCUT2D eigenvalue weighted by Crippen LogP contribution is -2.40. The Hall–Kier alpha value is -0.860. The number of rotatable bonds is 9. The average Bonchev–Trinajstić information content (AvgIpc) is 2.27. The molecule has 0 rings (SSSR count). The third kappa shape index (κ3) is 11.6. The van der Waals surface area contributed by atoms with Crippen LogP contribution in [0.15, 0.2) is 4.99 Å². The van der Waals surface area contributed by atoms with Crippen molar-refractivity contribution >= 4 is 16.0 Å². The molecule has 0 radical (unpaired) electrons. The maximum absolute atomic E-state index is 10.8. The van der Waals surface area contributed by atoms with Crippen molar-refractivity contribution in [2.75, 3.05) is 38.6 Å². The first kappa shape index (κ1) is 17.1. The third-order valence-corrected chi connectivity index (χ3v) is 2.72. The Balaban J connectivity index is 3.93. The van der Waals surface area contributed by atoms with E-state index in [0.29, 0.717) is 32.3 Å². The van der Waals surface area contributed by atoms with Crippen LogP contribution in [0.2, 0.25) is 0 Å². The Morgan fingerprint density at radius 3 is 2.61 bits per heavy atom. The van der Waals surface area contributed by atoms with Crippen molar-refractivity contribution in [3.8, 4) is 0 Å². The summed E-state index contributed by atoms with van der Waals surface area (Å²) in [5, 5.41) is 10.8. The standard InChI is InChI=1S/C10H24N4O3S/c1-3-12-10(13-6-5-8-17-4-2)14-7-9-18(11,15)16/h3-9H2,1-2H3,(H2,11,15,16)(H2,12,13,14). The van der Waals surface area contributed by atoms with Crippen molar-refractivity contribution in [2.24, 2.45) is 10.1 Å². The lowest BCUT2D eigenvalue weighted by molar-refractivity contribution is 0.146. The summed E-state index contributed by atoms with van der Waals surface area (Å²) in [5.74, 6) is 0.480. The van der Waals surface area contributed by atoms with Gasteiger partial charge in [-0.05, 0) is 20.3 Å². The van der Waals surface area contributed by atoms with Gasteiger partial charge in [-0.1, -0.05) is 0 Å². The van der Waals surface area contributed by atoms with E-state index in [1.165, 1.54) is 0 Å². The smallest absolute Gasteiger partial charge is 0.210 e. The molecule has 0 aliphatic heterocycles. The molecule has 18 heavy (non-hydrogen) atoms. The molecule has 0 unspecified atom stereocenters. The minimum Gasteiger partial charge on any atom is -0.382 e. The van der Waals surface area contributed by atoms with Crippen molar-refractivity contribution < 1.29 is 13.2 Å². The van der Waals surface area contributed by atoms with Crippen molar-refractivity contribution in [3.63, 3.8) is 0 Å². The summed E-state index contributed by atoms with van der Waals surface area (Å²) < 4.78 is 26.7. The minimum absolute atomic E-state index is 0.115. The molecule has 0 spiro atoms. The predicted molar refractivity (Wildman–Crippen MR) is 73.1 cm³/mol. The van der Waals surface area contributed by atoms with Gasteiger partial charge in [0, 0.05) is 32.8 Å². The van der Waals surface area contributed by atoms with Crippen LogP contribution in [-0.2, 0) is 14.8 Å². The van der Waals surface area contributed by atoms with Crippen LogP contribution in [-0.4, -0.2) is 53.0 Å². The highest BCUT2D eigenvalue weighted by Crippen LogP contribution is 1.84. The molecule has 4 N–H and O–H groups in total. The summed E-state index contributed by atoms with van der Waals surface area (Å²) in [4.78, 5) is 4.28. The molecular weight excluding hydrogens is 256 g/mol. The highest BCUT2D eigenvalue weighted by molar-refractivity contribution is 7.89. The Labute approximate surface area is 109 Å². The summed E-state index contributed by atoms with van der Waals surface area (Å²) >= 11 is 0. The normalized spacial score (nSPS) is 12.5. The molecule has 0 saturated heterocycles. The first-order valence-electron chi connectivity index (χ1n) is 6.10. The molecule has 0 aromatic rings. The Morgan fingerprint density at radius 1 is 1.33 bits per heavy atom. The maximum Gasteiger partial charge on any atom is 0.210 e. The summed E-state index contributed by atoms with van der Waals surface area (Å²) in [6.07, 6.45) is 0.833. The summed E-state index contributed by atoms with van der Waals surface area (Å²) in [7, 11) is -3.43. The first-order valence-corrected chi connectivity index (χ1v) is 7.81. The van der Waals surface area contributed by atoms with E-state index >= 15 is 0 Å². The molecular formula is C10H24N4O3S. The number of nitrogens with two attached hydrogens (primary N) is 1. The minimum atomic E-state index is -3.43. The van der Waals surface area contributed by atoms with Crippen molar-refractivity contribution in [1.82, 2.24) is 10.6 Å². The number of aliphatic imine (C=N–C) groups is 1. The van der Waals surface area contributed by atoms with Gasteiger partial charge in [0.1, 0.15) is 0 Å². The molecule has 0 saturated carbocycles. The van der Waals surface area contributed by atoms with Crippen LogP contribution in [0.1, 0.15) is 20.3 Å². The van der Waals surface area contributed by atoms with Crippen LogP contribution in [0.3, 0.4) is 0 Å². The number of hydrogen-bond donors (Lipinski definition) is 3. The molecule has 0 amide bonds. The number of primary sulfonamides is 1. The van der Waals surface area contributed by atoms with Crippen molar-refractivity contribution in [3.05, 3.63) is 0 Å². The van der Waals surface area contributed by atoms with Gasteiger partial charge in [0.2, 0.25) is 10.0 Å². The van der Waals surface area contributed by atoms with Crippen LogP contribution in [0.5, 0.6) is 0 Å². The number of ether oxygens (including phenoxy) is 1. The van der Waals surface area contributed by atoms with Gasteiger partial charge in [-0.3, -0.25) is 4.99 Å². The van der Waals surface area contributed by atoms with E-state index in [9.17, 15) is 8.42 Å². The molecule has 0 aromatic heterocycles.